The van der Waals surface area contributed by atoms with Crippen LogP contribution in [0.25, 0.3) is 0 Å². The van der Waals surface area contributed by atoms with Crippen molar-refractivity contribution in [3.63, 3.8) is 0 Å². The molecule has 0 spiro atoms. The molecule has 0 nitrogen and oxygen atoms in total. The summed E-state index contributed by atoms with van der Waals surface area (Å²) in [6, 6.07) is 0. The van der Waals surface area contributed by atoms with E-state index in [1.165, 1.54) is 0 Å². The van der Waals surface area contributed by atoms with Gasteiger partial charge in [-0.25, -0.2) is 8.78 Å². The highest BCUT2D eigenvalue weighted by Gasteiger charge is 2.91. The molecule has 0 radical (unpaired) electrons. The molecule has 0 aromatic heterocycles. The first-order chi connectivity index (χ1) is 10.1. The van der Waals surface area contributed by atoms with Gasteiger partial charge >= 0.3 is 36.0 Å². The molecule has 0 aliphatic carbocycles. The smallest absolute Gasteiger partial charge is 0.216 e. The molecule has 0 bridgehead atoms. The lowest BCUT2D eigenvalue weighted by Crippen LogP contribution is -2.70. The molecule has 0 heterocycles. The largest absolute Gasteiger partial charge is 0.445 e. The third kappa shape index (κ3) is 3.10. The van der Waals surface area contributed by atoms with Crippen LogP contribution < -0.4 is 0 Å². The first-order valence-corrected chi connectivity index (χ1v) is 4.77. The molecule has 0 aromatic carbocycles. The Morgan fingerprint density at radius 1 is 0.458 bits per heavy atom. The van der Waals surface area contributed by atoms with Crippen molar-refractivity contribution in [3.05, 3.63) is 11.7 Å². The van der Waals surface area contributed by atoms with E-state index in [-0.39, 0.29) is 0 Å². The second kappa shape index (κ2) is 5.57. The Labute approximate surface area is 119 Å². The van der Waals surface area contributed by atoms with Crippen LogP contribution in [0.2, 0.25) is 0 Å². The standard InChI is InChI=1S/C8F16/c9-1(2(10)4(13,14)15)3(11,12)6(17,18)5(16,7(19,20)21)8(22,23)24. The quantitative estimate of drug-likeness (QED) is 0.526. The van der Waals surface area contributed by atoms with Crippen molar-refractivity contribution in [1.29, 1.82) is 0 Å². The molecule has 24 heavy (non-hydrogen) atoms. The van der Waals surface area contributed by atoms with Crippen LogP contribution >= 0.6 is 0 Å². The first kappa shape index (κ1) is 22.6. The third-order valence-corrected chi connectivity index (χ3v) is 2.33. The van der Waals surface area contributed by atoms with Crippen LogP contribution in [0, 0.1) is 0 Å². The molecule has 0 saturated carbocycles. The number of allylic oxidation sites excluding steroid dienone is 2. The predicted octanol–water partition coefficient (Wildman–Crippen LogP) is 5.80. The Hall–Kier alpha value is -1.38. The van der Waals surface area contributed by atoms with Gasteiger partial charge in [-0.1, -0.05) is 0 Å². The summed E-state index contributed by atoms with van der Waals surface area (Å²) in [5, 5.41) is 0. The molecule has 0 fully saturated rings. The van der Waals surface area contributed by atoms with E-state index in [1.807, 2.05) is 0 Å². The van der Waals surface area contributed by atoms with E-state index < -0.39 is 47.7 Å². The van der Waals surface area contributed by atoms with Crippen molar-refractivity contribution >= 4 is 0 Å². The predicted molar refractivity (Wildman–Crippen MR) is 41.1 cm³/mol. The van der Waals surface area contributed by atoms with Crippen LogP contribution in [0.5, 0.6) is 0 Å². The van der Waals surface area contributed by atoms with Crippen molar-refractivity contribution in [1.82, 2.24) is 0 Å². The Balaban J connectivity index is 6.69. The fourth-order valence-corrected chi connectivity index (χ4v) is 1.13. The highest BCUT2D eigenvalue weighted by Crippen LogP contribution is 2.61. The van der Waals surface area contributed by atoms with E-state index >= 15 is 0 Å². The summed E-state index contributed by atoms with van der Waals surface area (Å²) in [7, 11) is 0. The highest BCUT2D eigenvalue weighted by atomic mass is 19.4. The van der Waals surface area contributed by atoms with Gasteiger partial charge in [0, 0.05) is 0 Å². The van der Waals surface area contributed by atoms with Gasteiger partial charge in [-0.3, -0.25) is 0 Å². The van der Waals surface area contributed by atoms with Crippen molar-refractivity contribution < 1.29 is 70.2 Å². The van der Waals surface area contributed by atoms with Gasteiger partial charge in [-0.05, 0) is 0 Å². The van der Waals surface area contributed by atoms with Crippen molar-refractivity contribution in [3.8, 4) is 0 Å². The van der Waals surface area contributed by atoms with Gasteiger partial charge in [0.05, 0.1) is 0 Å². The van der Waals surface area contributed by atoms with E-state index in [0.29, 0.717) is 0 Å². The summed E-state index contributed by atoms with van der Waals surface area (Å²) in [5.74, 6) is -25.9. The third-order valence-electron chi connectivity index (χ3n) is 2.33. The van der Waals surface area contributed by atoms with Gasteiger partial charge in [0.15, 0.2) is 0 Å². The SMILES string of the molecule is FC(=C(F)C(F)(F)C(F)(F)C(F)(C(F)(F)F)C(F)(F)F)C(F)(F)F. The molecule has 0 aliphatic rings. The van der Waals surface area contributed by atoms with Crippen LogP contribution in [0.15, 0.2) is 11.7 Å². The summed E-state index contributed by atoms with van der Waals surface area (Å²) >= 11 is 0. The molecule has 0 saturated heterocycles. The van der Waals surface area contributed by atoms with Gasteiger partial charge in [-0.15, -0.1) is 0 Å². The average Bonchev–Trinajstić information content (AvgIpc) is 2.31. The molecular weight excluding hydrogens is 400 g/mol. The molecule has 0 rings (SSSR count). The molecule has 0 N–H and O–H groups in total. The zero-order chi connectivity index (χ0) is 20.2. The number of rotatable bonds is 3. The number of halogens is 16. The van der Waals surface area contributed by atoms with E-state index in [2.05, 4.69) is 0 Å². The van der Waals surface area contributed by atoms with E-state index in [4.69, 9.17) is 0 Å². The first-order valence-electron chi connectivity index (χ1n) is 4.77. The summed E-state index contributed by atoms with van der Waals surface area (Å²) in [6.07, 6.45) is -22.6. The lowest BCUT2D eigenvalue weighted by Gasteiger charge is -2.39. The Morgan fingerprint density at radius 2 is 0.750 bits per heavy atom. The summed E-state index contributed by atoms with van der Waals surface area (Å²) in [6.45, 7) is 0. The van der Waals surface area contributed by atoms with Crippen LogP contribution in [0.3, 0.4) is 0 Å². The topological polar surface area (TPSA) is 0 Å². The van der Waals surface area contributed by atoms with E-state index in [9.17, 15) is 70.2 Å². The maximum atomic E-state index is 12.9. The van der Waals surface area contributed by atoms with Crippen molar-refractivity contribution in [2.75, 3.05) is 0 Å². The Kier molecular flexibility index (Phi) is 5.25. The second-order valence-electron chi connectivity index (χ2n) is 3.93. The van der Waals surface area contributed by atoms with Gasteiger partial charge in [0.1, 0.15) is 0 Å². The van der Waals surface area contributed by atoms with Crippen LogP contribution in [-0.2, 0) is 0 Å². The fourth-order valence-electron chi connectivity index (χ4n) is 1.13. The minimum Gasteiger partial charge on any atom is -0.216 e. The number of hydrogen-bond acceptors (Lipinski definition) is 0. The van der Waals surface area contributed by atoms with Gasteiger partial charge in [-0.2, -0.15) is 61.5 Å². The zero-order valence-electron chi connectivity index (χ0n) is 10.0. The summed E-state index contributed by atoms with van der Waals surface area (Å²) < 4.78 is 195. The summed E-state index contributed by atoms with van der Waals surface area (Å²) in [4.78, 5) is 0. The van der Waals surface area contributed by atoms with Crippen LogP contribution in [0.1, 0.15) is 0 Å². The van der Waals surface area contributed by atoms with E-state index in [0.717, 1.165) is 0 Å². The minimum absolute atomic E-state index is 4.76. The fraction of sp³-hybridized carbons (Fsp3) is 0.750. The lowest BCUT2D eigenvalue weighted by atomic mass is 9.90. The maximum Gasteiger partial charge on any atom is 0.445 e. The van der Waals surface area contributed by atoms with Crippen LogP contribution in [-0.4, -0.2) is 36.0 Å². The van der Waals surface area contributed by atoms with Gasteiger partial charge < -0.3 is 0 Å². The molecule has 0 aromatic rings. The molecule has 144 valence electrons. The van der Waals surface area contributed by atoms with E-state index in [1.54, 1.807) is 0 Å². The maximum absolute atomic E-state index is 12.9. The average molecular weight is 400 g/mol. The lowest BCUT2D eigenvalue weighted by molar-refractivity contribution is -0.423. The zero-order valence-corrected chi connectivity index (χ0v) is 10.0. The van der Waals surface area contributed by atoms with Gasteiger partial charge in [0.25, 0.3) is 0 Å². The molecule has 0 atom stereocenters. The number of hydrogen-bond donors (Lipinski definition) is 0. The minimum atomic E-state index is -8.23. The molecule has 0 aliphatic heterocycles. The highest BCUT2D eigenvalue weighted by molar-refractivity contribution is 5.23. The van der Waals surface area contributed by atoms with Gasteiger partial charge in [0.2, 0.25) is 11.7 Å². The molecule has 0 unspecified atom stereocenters. The van der Waals surface area contributed by atoms with Crippen molar-refractivity contribution in [2.45, 2.75) is 36.0 Å². The monoisotopic (exact) mass is 400 g/mol. The molecule has 0 amide bonds. The normalized spacial score (nSPS) is 17.0. The van der Waals surface area contributed by atoms with Crippen LogP contribution in [0.4, 0.5) is 70.2 Å². The Bertz CT molecular complexity index is 484. The summed E-state index contributed by atoms with van der Waals surface area (Å²) in [5.41, 5.74) is -8.19. The molecular formula is C8F16. The second-order valence-corrected chi connectivity index (χ2v) is 3.93. The Morgan fingerprint density at radius 3 is 0.958 bits per heavy atom. The van der Waals surface area contributed by atoms with Crippen molar-refractivity contribution in [2.24, 2.45) is 0 Å². The molecule has 16 heteroatoms. The number of alkyl halides is 14.